The normalized spacial score (nSPS) is 19.4. The van der Waals surface area contributed by atoms with E-state index in [1.54, 1.807) is 26.0 Å². The second kappa shape index (κ2) is 8.13. The number of hydrogen-bond acceptors (Lipinski definition) is 6. The number of alkyl halides is 3. The van der Waals surface area contributed by atoms with Crippen LogP contribution in [0.2, 0.25) is 0 Å². The molecule has 0 amide bonds. The molecule has 0 radical (unpaired) electrons. The van der Waals surface area contributed by atoms with E-state index in [0.29, 0.717) is 17.0 Å². The van der Waals surface area contributed by atoms with Crippen LogP contribution < -0.4 is 5.43 Å². The number of allylic oxidation sites excluding steroid dienone is 1. The molecule has 31 heavy (non-hydrogen) atoms. The summed E-state index contributed by atoms with van der Waals surface area (Å²) in [6, 6.07) is 5.99. The van der Waals surface area contributed by atoms with Gasteiger partial charge in [0, 0.05) is 29.0 Å². The fraction of sp³-hybridized carbons (Fsp3) is 0.364. The van der Waals surface area contributed by atoms with Crippen molar-refractivity contribution < 1.29 is 31.9 Å². The van der Waals surface area contributed by atoms with Crippen LogP contribution in [0.3, 0.4) is 0 Å². The van der Waals surface area contributed by atoms with Crippen LogP contribution in [0, 0.1) is 12.8 Å². The van der Waals surface area contributed by atoms with Crippen molar-refractivity contribution in [2.45, 2.75) is 39.8 Å². The molecule has 3 rings (SSSR count). The first-order valence-electron chi connectivity index (χ1n) is 9.44. The smallest absolute Gasteiger partial charge is 0.422 e. The number of benzene rings is 1. The van der Waals surface area contributed by atoms with Gasteiger partial charge in [-0.15, -0.1) is 0 Å². The maximum absolute atomic E-state index is 12.7. The molecule has 9 heteroatoms. The lowest BCUT2D eigenvalue weighted by Crippen LogP contribution is -2.35. The number of hydrogen-bond donors (Lipinski definition) is 0. The van der Waals surface area contributed by atoms with Crippen LogP contribution in [-0.2, 0) is 14.3 Å². The molecule has 2 unspecified atom stereocenters. The van der Waals surface area contributed by atoms with E-state index in [4.69, 9.17) is 4.42 Å². The number of aryl methyl sites for hydroxylation is 1. The van der Waals surface area contributed by atoms with Gasteiger partial charge in [-0.05, 0) is 33.8 Å². The van der Waals surface area contributed by atoms with Gasteiger partial charge in [0.15, 0.2) is 12.0 Å². The van der Waals surface area contributed by atoms with Crippen molar-refractivity contribution in [3.8, 4) is 0 Å². The first-order valence-corrected chi connectivity index (χ1v) is 9.44. The Morgan fingerprint density at radius 2 is 1.87 bits per heavy atom. The zero-order valence-electron chi connectivity index (χ0n) is 17.3. The molecule has 1 aliphatic rings. The van der Waals surface area contributed by atoms with E-state index in [-0.39, 0.29) is 33.5 Å². The van der Waals surface area contributed by atoms with Gasteiger partial charge >= 0.3 is 12.1 Å². The van der Waals surface area contributed by atoms with Crippen LogP contribution in [0.4, 0.5) is 13.2 Å². The molecule has 0 saturated heterocycles. The Bertz CT molecular complexity index is 1190. The number of rotatable bonds is 4. The maximum atomic E-state index is 12.7. The van der Waals surface area contributed by atoms with Gasteiger partial charge in [0.05, 0.1) is 16.9 Å². The Kier molecular flexibility index (Phi) is 5.89. The lowest BCUT2D eigenvalue weighted by Gasteiger charge is -2.31. The second-order valence-electron chi connectivity index (χ2n) is 7.45. The maximum Gasteiger partial charge on any atom is 0.422 e. The number of halogens is 3. The lowest BCUT2D eigenvalue weighted by atomic mass is 9.73. The number of Topliss-reactive ketones (excluding diaryl/α,β-unsaturated/α-hetero) is 1. The number of aliphatic imine (C=N–C) groups is 1. The van der Waals surface area contributed by atoms with Gasteiger partial charge in [0.1, 0.15) is 17.1 Å². The summed E-state index contributed by atoms with van der Waals surface area (Å²) in [4.78, 5) is 41.9. The summed E-state index contributed by atoms with van der Waals surface area (Å²) in [6.07, 6.45) is -4.71. The molecular formula is C22H20F3NO5. The average Bonchev–Trinajstić information content (AvgIpc) is 2.64. The second-order valence-corrected chi connectivity index (χ2v) is 7.45. The highest BCUT2D eigenvalue weighted by Gasteiger charge is 2.42. The predicted molar refractivity (Wildman–Crippen MR) is 107 cm³/mol. The Labute approximate surface area is 175 Å². The van der Waals surface area contributed by atoms with Gasteiger partial charge in [0.25, 0.3) is 0 Å². The minimum absolute atomic E-state index is 0.138. The Morgan fingerprint density at radius 1 is 1.19 bits per heavy atom. The molecule has 2 aromatic rings. The number of fused-ring (bicyclic) bond motifs is 1. The molecule has 1 aliphatic heterocycles. The van der Waals surface area contributed by atoms with E-state index in [1.807, 2.05) is 0 Å². The Morgan fingerprint density at radius 3 is 2.48 bits per heavy atom. The number of ketones is 1. The summed E-state index contributed by atoms with van der Waals surface area (Å²) in [6.45, 7) is 4.18. The van der Waals surface area contributed by atoms with Gasteiger partial charge in [-0.2, -0.15) is 13.2 Å². The third-order valence-electron chi connectivity index (χ3n) is 5.10. The summed E-state index contributed by atoms with van der Waals surface area (Å²) in [5.74, 6) is -3.22. The molecule has 0 spiro atoms. The Balaban J connectivity index is 2.26. The summed E-state index contributed by atoms with van der Waals surface area (Å²) < 4.78 is 48.2. The molecule has 164 valence electrons. The van der Waals surface area contributed by atoms with E-state index in [0.717, 1.165) is 0 Å². The third kappa shape index (κ3) is 4.45. The largest absolute Gasteiger partial charge is 0.461 e. The van der Waals surface area contributed by atoms with Crippen LogP contribution >= 0.6 is 0 Å². The first-order chi connectivity index (χ1) is 14.4. The number of carbonyl (C=O) groups is 2. The third-order valence-corrected chi connectivity index (χ3v) is 5.10. The van der Waals surface area contributed by atoms with E-state index < -0.39 is 30.6 Å². The van der Waals surface area contributed by atoms with Gasteiger partial charge in [-0.25, -0.2) is 4.79 Å². The minimum atomic E-state index is -4.71. The summed E-state index contributed by atoms with van der Waals surface area (Å²) >= 11 is 0. The van der Waals surface area contributed by atoms with Crippen LogP contribution in [-0.4, -0.2) is 30.2 Å². The van der Waals surface area contributed by atoms with Crippen molar-refractivity contribution in [2.75, 3.05) is 6.61 Å². The monoisotopic (exact) mass is 435 g/mol. The van der Waals surface area contributed by atoms with Crippen LogP contribution in [0.25, 0.3) is 11.0 Å². The standard InChI is InChI=1S/C22H20F3NO5/c1-10-8-16(28)14-6-5-7-15(20(14)31-10)19-17(13(4)27)11(2)26-12(3)18(19)21(29)30-9-22(23,24)25/h5-8,17,19H,9H2,1-4H3. The van der Waals surface area contributed by atoms with E-state index in [2.05, 4.69) is 9.73 Å². The molecule has 2 heterocycles. The van der Waals surface area contributed by atoms with E-state index in [9.17, 15) is 27.6 Å². The fourth-order valence-corrected chi connectivity index (χ4v) is 3.95. The highest BCUT2D eigenvalue weighted by molar-refractivity contribution is 6.09. The summed E-state index contributed by atoms with van der Waals surface area (Å²) in [7, 11) is 0. The molecule has 6 nitrogen and oxygen atoms in total. The number of nitrogens with zero attached hydrogens (tertiary/aromatic N) is 1. The first kappa shape index (κ1) is 22.5. The SMILES string of the molecule is CC(=O)C1C(C)=NC(C)=C(C(=O)OCC(F)(F)F)C1c1cccc2c(=O)cc(C)oc12. The van der Waals surface area contributed by atoms with Crippen molar-refractivity contribution in [1.29, 1.82) is 0 Å². The number of para-hydroxylation sites is 1. The molecular weight excluding hydrogens is 415 g/mol. The number of esters is 1. The number of carbonyl (C=O) groups excluding carboxylic acids is 2. The topological polar surface area (TPSA) is 85.9 Å². The summed E-state index contributed by atoms with van der Waals surface area (Å²) in [5, 5.41) is 0.228. The van der Waals surface area contributed by atoms with Crippen LogP contribution in [0.15, 0.2) is 49.7 Å². The average molecular weight is 435 g/mol. The molecule has 0 bridgehead atoms. The van der Waals surface area contributed by atoms with Gasteiger partial charge in [0.2, 0.25) is 0 Å². The molecule has 0 saturated carbocycles. The molecule has 0 N–H and O–H groups in total. The highest BCUT2D eigenvalue weighted by Crippen LogP contribution is 2.42. The van der Waals surface area contributed by atoms with Crippen molar-refractivity contribution in [3.63, 3.8) is 0 Å². The molecule has 1 aromatic carbocycles. The molecule has 0 aliphatic carbocycles. The zero-order chi connectivity index (χ0) is 23.1. The number of ether oxygens (including phenoxy) is 1. The van der Waals surface area contributed by atoms with Gasteiger partial charge < -0.3 is 9.15 Å². The summed E-state index contributed by atoms with van der Waals surface area (Å²) in [5.41, 5.74) is 0.529. The minimum Gasteiger partial charge on any atom is -0.461 e. The van der Waals surface area contributed by atoms with Crippen molar-refractivity contribution in [3.05, 3.63) is 57.1 Å². The van der Waals surface area contributed by atoms with Crippen LogP contribution in [0.1, 0.15) is 38.0 Å². The molecule has 0 fully saturated rings. The fourth-order valence-electron chi connectivity index (χ4n) is 3.95. The van der Waals surface area contributed by atoms with Crippen molar-refractivity contribution >= 4 is 28.4 Å². The van der Waals surface area contributed by atoms with Crippen molar-refractivity contribution in [1.82, 2.24) is 0 Å². The lowest BCUT2D eigenvalue weighted by molar-refractivity contribution is -0.183. The predicted octanol–water partition coefficient (Wildman–Crippen LogP) is 4.24. The van der Waals surface area contributed by atoms with Crippen LogP contribution in [0.5, 0.6) is 0 Å². The molecule has 1 aromatic heterocycles. The van der Waals surface area contributed by atoms with Crippen molar-refractivity contribution in [2.24, 2.45) is 10.9 Å². The van der Waals surface area contributed by atoms with Gasteiger partial charge in [-0.1, -0.05) is 12.1 Å². The zero-order valence-corrected chi connectivity index (χ0v) is 17.3. The van der Waals surface area contributed by atoms with E-state index in [1.165, 1.54) is 26.0 Å². The van der Waals surface area contributed by atoms with E-state index >= 15 is 0 Å². The Hall–Kier alpha value is -3.23. The van der Waals surface area contributed by atoms with Gasteiger partial charge in [-0.3, -0.25) is 14.6 Å². The highest BCUT2D eigenvalue weighted by atomic mass is 19.4. The molecule has 2 atom stereocenters. The quantitative estimate of drug-likeness (QED) is 0.671.